The number of hydrogen-bond donors (Lipinski definition) is 0. The van der Waals surface area contributed by atoms with Gasteiger partial charge in [0.05, 0.1) is 0 Å². The van der Waals surface area contributed by atoms with Gasteiger partial charge in [0.15, 0.2) is 0 Å². The lowest BCUT2D eigenvalue weighted by Gasteiger charge is -2.21. The topological polar surface area (TPSA) is 9.23 Å². The minimum Gasteiger partial charge on any atom is -0.483 e. The van der Waals surface area contributed by atoms with Gasteiger partial charge in [-0.25, -0.2) is 0 Å². The van der Waals surface area contributed by atoms with E-state index in [1.165, 1.54) is 0 Å². The Hall–Kier alpha value is -1.44. The Morgan fingerprint density at radius 2 is 1.40 bits per heavy atom. The third-order valence-corrected chi connectivity index (χ3v) is 4.08. The molecular formula is C17H14Cl2O. The van der Waals surface area contributed by atoms with E-state index in [-0.39, 0.29) is 5.60 Å². The van der Waals surface area contributed by atoms with Crippen LogP contribution in [0.2, 0.25) is 10.0 Å². The average molecular weight is 305 g/mol. The van der Waals surface area contributed by atoms with Gasteiger partial charge in [-0.15, -0.1) is 0 Å². The standard InChI is InChI=1S/C17H14Cl2O/c1-12(13-2-4-14(18)5-3-13)17(10-11-17)20-16-8-6-15(19)7-9-16/h2-9H,1,10-11H2. The molecule has 0 N–H and O–H groups in total. The zero-order valence-electron chi connectivity index (χ0n) is 10.9. The summed E-state index contributed by atoms with van der Waals surface area (Å²) in [4.78, 5) is 0. The molecule has 0 aromatic heterocycles. The van der Waals surface area contributed by atoms with Crippen LogP contribution in [-0.4, -0.2) is 5.60 Å². The first-order valence-corrected chi connectivity index (χ1v) is 7.25. The second kappa shape index (κ2) is 5.16. The van der Waals surface area contributed by atoms with Crippen LogP contribution < -0.4 is 4.74 Å². The Labute approximate surface area is 128 Å². The zero-order valence-corrected chi connectivity index (χ0v) is 12.4. The molecule has 2 aromatic rings. The maximum atomic E-state index is 6.12. The van der Waals surface area contributed by atoms with Crippen molar-refractivity contribution in [2.24, 2.45) is 0 Å². The van der Waals surface area contributed by atoms with E-state index in [1.54, 1.807) is 0 Å². The molecule has 0 spiro atoms. The van der Waals surface area contributed by atoms with Gasteiger partial charge in [-0.05, 0) is 60.4 Å². The van der Waals surface area contributed by atoms with Crippen LogP contribution in [-0.2, 0) is 0 Å². The first kappa shape index (κ1) is 13.5. The van der Waals surface area contributed by atoms with Gasteiger partial charge < -0.3 is 4.74 Å². The van der Waals surface area contributed by atoms with E-state index in [9.17, 15) is 0 Å². The quantitative estimate of drug-likeness (QED) is 0.712. The highest BCUT2D eigenvalue weighted by molar-refractivity contribution is 6.30. The second-order valence-corrected chi connectivity index (χ2v) is 5.91. The smallest absolute Gasteiger partial charge is 0.134 e. The van der Waals surface area contributed by atoms with Gasteiger partial charge in [0.25, 0.3) is 0 Å². The van der Waals surface area contributed by atoms with Gasteiger partial charge in [0.1, 0.15) is 11.4 Å². The summed E-state index contributed by atoms with van der Waals surface area (Å²) in [7, 11) is 0. The van der Waals surface area contributed by atoms with E-state index in [0.29, 0.717) is 5.02 Å². The molecule has 0 bridgehead atoms. The highest BCUT2D eigenvalue weighted by atomic mass is 35.5. The maximum Gasteiger partial charge on any atom is 0.134 e. The summed E-state index contributed by atoms with van der Waals surface area (Å²) in [5.41, 5.74) is 1.80. The van der Waals surface area contributed by atoms with E-state index in [0.717, 1.165) is 34.8 Å². The van der Waals surface area contributed by atoms with Crippen LogP contribution in [0.1, 0.15) is 18.4 Å². The SMILES string of the molecule is C=C(c1ccc(Cl)cc1)C1(Oc2ccc(Cl)cc2)CC1. The normalized spacial score (nSPS) is 15.7. The summed E-state index contributed by atoms with van der Waals surface area (Å²) in [5.74, 6) is 0.821. The summed E-state index contributed by atoms with van der Waals surface area (Å²) in [6.07, 6.45) is 1.97. The van der Waals surface area contributed by atoms with Crippen molar-refractivity contribution in [2.75, 3.05) is 0 Å². The highest BCUT2D eigenvalue weighted by Gasteiger charge is 2.48. The molecule has 1 aliphatic carbocycles. The van der Waals surface area contributed by atoms with Gasteiger partial charge in [0, 0.05) is 10.0 Å². The fourth-order valence-electron chi connectivity index (χ4n) is 2.22. The molecule has 20 heavy (non-hydrogen) atoms. The molecule has 1 nitrogen and oxygen atoms in total. The summed E-state index contributed by atoms with van der Waals surface area (Å²) in [5, 5.41) is 1.43. The number of ether oxygens (including phenoxy) is 1. The van der Waals surface area contributed by atoms with E-state index in [2.05, 4.69) is 6.58 Å². The molecule has 3 rings (SSSR count). The Morgan fingerprint density at radius 1 is 0.900 bits per heavy atom. The first-order chi connectivity index (χ1) is 9.59. The predicted molar refractivity (Wildman–Crippen MR) is 84.5 cm³/mol. The van der Waals surface area contributed by atoms with Crippen LogP contribution in [0.5, 0.6) is 5.75 Å². The molecule has 2 aromatic carbocycles. The van der Waals surface area contributed by atoms with E-state index in [4.69, 9.17) is 27.9 Å². The summed E-state index contributed by atoms with van der Waals surface area (Å²) in [6.45, 7) is 4.21. The van der Waals surface area contributed by atoms with Gasteiger partial charge in [-0.3, -0.25) is 0 Å². The number of benzene rings is 2. The fraction of sp³-hybridized carbons (Fsp3) is 0.176. The van der Waals surface area contributed by atoms with Crippen molar-refractivity contribution >= 4 is 28.8 Å². The van der Waals surface area contributed by atoms with Crippen LogP contribution in [0, 0.1) is 0 Å². The lowest BCUT2D eigenvalue weighted by atomic mass is 10.0. The Bertz CT molecular complexity index is 625. The number of rotatable bonds is 4. The third kappa shape index (κ3) is 2.70. The maximum absolute atomic E-state index is 6.12. The summed E-state index contributed by atoms with van der Waals surface area (Å²) >= 11 is 11.8. The van der Waals surface area contributed by atoms with Gasteiger partial charge in [0.2, 0.25) is 0 Å². The number of hydrogen-bond acceptors (Lipinski definition) is 1. The molecule has 0 radical (unpaired) electrons. The lowest BCUT2D eigenvalue weighted by molar-refractivity contribution is 0.240. The van der Waals surface area contributed by atoms with Crippen molar-refractivity contribution in [1.29, 1.82) is 0 Å². The van der Waals surface area contributed by atoms with Crippen LogP contribution in [0.25, 0.3) is 5.57 Å². The van der Waals surface area contributed by atoms with Crippen molar-refractivity contribution in [1.82, 2.24) is 0 Å². The third-order valence-electron chi connectivity index (χ3n) is 3.57. The molecule has 1 saturated carbocycles. The van der Waals surface area contributed by atoms with Gasteiger partial charge >= 0.3 is 0 Å². The van der Waals surface area contributed by atoms with E-state index < -0.39 is 0 Å². The lowest BCUT2D eigenvalue weighted by Crippen LogP contribution is -2.19. The molecule has 102 valence electrons. The molecule has 0 saturated heterocycles. The first-order valence-electron chi connectivity index (χ1n) is 6.49. The van der Waals surface area contributed by atoms with Crippen molar-refractivity contribution in [2.45, 2.75) is 18.4 Å². The average Bonchev–Trinajstić information content (AvgIpc) is 3.22. The molecule has 0 aliphatic heterocycles. The minimum atomic E-state index is -0.276. The van der Waals surface area contributed by atoms with Crippen LogP contribution >= 0.6 is 23.2 Å². The van der Waals surface area contributed by atoms with Gasteiger partial charge in [-0.2, -0.15) is 0 Å². The largest absolute Gasteiger partial charge is 0.483 e. The monoisotopic (exact) mass is 304 g/mol. The van der Waals surface area contributed by atoms with E-state index in [1.807, 2.05) is 48.5 Å². The van der Waals surface area contributed by atoms with Crippen molar-refractivity contribution in [3.05, 3.63) is 70.7 Å². The van der Waals surface area contributed by atoms with Crippen LogP contribution in [0.4, 0.5) is 0 Å². The number of halogens is 2. The van der Waals surface area contributed by atoms with Gasteiger partial charge in [-0.1, -0.05) is 41.9 Å². The molecule has 3 heteroatoms. The summed E-state index contributed by atoms with van der Waals surface area (Å²) < 4.78 is 6.12. The second-order valence-electron chi connectivity index (χ2n) is 5.04. The van der Waals surface area contributed by atoms with Crippen molar-refractivity contribution in [3.63, 3.8) is 0 Å². The Balaban J connectivity index is 1.80. The van der Waals surface area contributed by atoms with Crippen molar-refractivity contribution < 1.29 is 4.74 Å². The highest BCUT2D eigenvalue weighted by Crippen LogP contribution is 2.49. The van der Waals surface area contributed by atoms with Crippen LogP contribution in [0.3, 0.4) is 0 Å². The predicted octanol–water partition coefficient (Wildman–Crippen LogP) is 5.62. The molecule has 0 unspecified atom stereocenters. The molecule has 0 heterocycles. The minimum absolute atomic E-state index is 0.276. The van der Waals surface area contributed by atoms with E-state index >= 15 is 0 Å². The molecule has 0 atom stereocenters. The Kier molecular flexibility index (Phi) is 3.49. The molecular weight excluding hydrogens is 291 g/mol. The fourth-order valence-corrected chi connectivity index (χ4v) is 2.47. The zero-order chi connectivity index (χ0) is 14.2. The Morgan fingerprint density at radius 3 is 1.90 bits per heavy atom. The molecule has 0 amide bonds. The molecule has 1 aliphatic rings. The van der Waals surface area contributed by atoms with Crippen molar-refractivity contribution in [3.8, 4) is 5.75 Å². The molecule has 1 fully saturated rings. The summed E-state index contributed by atoms with van der Waals surface area (Å²) in [6, 6.07) is 15.2. The van der Waals surface area contributed by atoms with Crippen LogP contribution in [0.15, 0.2) is 55.1 Å².